The summed E-state index contributed by atoms with van der Waals surface area (Å²) in [4.78, 5) is 6.83. The molecule has 1 aromatic carbocycles. The van der Waals surface area contributed by atoms with Crippen LogP contribution in [0.5, 0.6) is 0 Å². The zero-order valence-electron chi connectivity index (χ0n) is 12.3. The number of hydrogen-bond donors (Lipinski definition) is 2. The second-order valence-electron chi connectivity index (χ2n) is 5.79. The average molecular weight is 285 g/mol. The third kappa shape index (κ3) is 3.52. The van der Waals surface area contributed by atoms with Gasteiger partial charge in [0.2, 0.25) is 0 Å². The van der Waals surface area contributed by atoms with Gasteiger partial charge in [0.15, 0.2) is 0 Å². The predicted molar refractivity (Wildman–Crippen MR) is 86.5 cm³/mol. The first-order valence-corrected chi connectivity index (χ1v) is 7.77. The summed E-state index contributed by atoms with van der Waals surface area (Å²) in [7, 11) is 0. The maximum absolute atomic E-state index is 9.28. The number of benzene rings is 1. The molecule has 1 aliphatic heterocycles. The van der Waals surface area contributed by atoms with Crippen molar-refractivity contribution in [1.29, 1.82) is 0 Å². The molecule has 1 unspecified atom stereocenters. The molecule has 0 bridgehead atoms. The summed E-state index contributed by atoms with van der Waals surface area (Å²) in [5, 5.41) is 14.0. The quantitative estimate of drug-likeness (QED) is 0.885. The van der Waals surface area contributed by atoms with E-state index < -0.39 is 0 Å². The molecule has 0 radical (unpaired) electrons. The number of rotatable bonds is 5. The first-order valence-electron chi connectivity index (χ1n) is 7.77. The van der Waals surface area contributed by atoms with E-state index in [0.717, 1.165) is 43.8 Å². The zero-order chi connectivity index (χ0) is 14.5. The Bertz CT molecular complexity index is 582. The highest BCUT2D eigenvalue weighted by atomic mass is 16.3. The van der Waals surface area contributed by atoms with Crippen molar-refractivity contribution in [2.45, 2.75) is 12.8 Å². The number of nitrogens with zero attached hydrogens (tertiary/aromatic N) is 2. The van der Waals surface area contributed by atoms with Crippen LogP contribution < -0.4 is 5.32 Å². The Morgan fingerprint density at radius 3 is 3.10 bits per heavy atom. The number of hydrogen-bond acceptors (Lipinski definition) is 4. The van der Waals surface area contributed by atoms with Gasteiger partial charge in [-0.25, -0.2) is 0 Å². The number of aromatic nitrogens is 1. The number of para-hydroxylation sites is 1. The molecular formula is C17H23N3O. The van der Waals surface area contributed by atoms with Gasteiger partial charge >= 0.3 is 0 Å². The first kappa shape index (κ1) is 14.3. The van der Waals surface area contributed by atoms with Gasteiger partial charge in [-0.05, 0) is 37.4 Å². The van der Waals surface area contributed by atoms with E-state index in [9.17, 15) is 5.11 Å². The number of aliphatic hydroxyl groups excluding tert-OH is 1. The van der Waals surface area contributed by atoms with Crippen molar-refractivity contribution in [3.8, 4) is 0 Å². The zero-order valence-corrected chi connectivity index (χ0v) is 12.3. The van der Waals surface area contributed by atoms with E-state index >= 15 is 0 Å². The fourth-order valence-electron chi connectivity index (χ4n) is 3.10. The number of nitrogens with one attached hydrogen (secondary N) is 1. The molecule has 4 nitrogen and oxygen atoms in total. The van der Waals surface area contributed by atoms with Gasteiger partial charge in [-0.15, -0.1) is 0 Å². The van der Waals surface area contributed by atoms with Crippen LogP contribution in [-0.4, -0.2) is 47.8 Å². The minimum Gasteiger partial charge on any atom is -0.396 e. The topological polar surface area (TPSA) is 48.4 Å². The Balaban J connectivity index is 1.57. The van der Waals surface area contributed by atoms with Crippen molar-refractivity contribution in [3.63, 3.8) is 0 Å². The number of pyridine rings is 1. The molecule has 3 rings (SSSR count). The van der Waals surface area contributed by atoms with Crippen LogP contribution in [0.3, 0.4) is 0 Å². The predicted octanol–water partition coefficient (Wildman–Crippen LogP) is 2.35. The van der Waals surface area contributed by atoms with Crippen LogP contribution in [0.4, 0.5) is 5.69 Å². The molecule has 1 saturated heterocycles. The van der Waals surface area contributed by atoms with Gasteiger partial charge in [-0.1, -0.05) is 18.2 Å². The maximum atomic E-state index is 9.28. The Labute approximate surface area is 125 Å². The highest BCUT2D eigenvalue weighted by Gasteiger charge is 2.18. The highest BCUT2D eigenvalue weighted by Crippen LogP contribution is 2.21. The summed E-state index contributed by atoms with van der Waals surface area (Å²) >= 11 is 0. The van der Waals surface area contributed by atoms with E-state index in [1.54, 1.807) is 0 Å². The molecule has 1 atom stereocenters. The second-order valence-corrected chi connectivity index (χ2v) is 5.79. The number of likely N-dealkylation sites (tertiary alicyclic amines) is 1. The molecule has 112 valence electrons. The van der Waals surface area contributed by atoms with Crippen molar-refractivity contribution in [2.75, 3.05) is 38.1 Å². The molecule has 1 aromatic heterocycles. The summed E-state index contributed by atoms with van der Waals surface area (Å²) in [5.74, 6) is 0.459. The normalized spacial score (nSPS) is 19.8. The molecule has 21 heavy (non-hydrogen) atoms. The lowest BCUT2D eigenvalue weighted by molar-refractivity contribution is 0.123. The minimum absolute atomic E-state index is 0.318. The van der Waals surface area contributed by atoms with Crippen LogP contribution >= 0.6 is 0 Å². The van der Waals surface area contributed by atoms with Crippen molar-refractivity contribution >= 4 is 16.6 Å². The van der Waals surface area contributed by atoms with Crippen molar-refractivity contribution in [3.05, 3.63) is 36.5 Å². The Hall–Kier alpha value is -1.65. The van der Waals surface area contributed by atoms with E-state index in [2.05, 4.69) is 21.3 Å². The maximum Gasteiger partial charge on any atom is 0.0722 e. The third-order valence-electron chi connectivity index (χ3n) is 4.25. The molecule has 2 heterocycles. The standard InChI is InChI=1S/C17H23N3O/c21-13-14-4-3-10-20(12-14)11-9-19-17-7-8-18-16-6-2-1-5-15(16)17/h1-2,5-8,14,21H,3-4,9-13H2,(H,18,19). The summed E-state index contributed by atoms with van der Waals surface area (Å²) < 4.78 is 0. The van der Waals surface area contributed by atoms with Gasteiger partial charge < -0.3 is 15.3 Å². The van der Waals surface area contributed by atoms with Gasteiger partial charge in [0.25, 0.3) is 0 Å². The Kier molecular flexibility index (Phi) is 4.68. The lowest BCUT2D eigenvalue weighted by atomic mass is 9.99. The molecule has 2 aromatic rings. The number of piperidine rings is 1. The van der Waals surface area contributed by atoms with Crippen molar-refractivity contribution in [1.82, 2.24) is 9.88 Å². The van der Waals surface area contributed by atoms with Crippen LogP contribution in [0.25, 0.3) is 10.9 Å². The largest absolute Gasteiger partial charge is 0.396 e. The van der Waals surface area contributed by atoms with Gasteiger partial charge in [-0.2, -0.15) is 0 Å². The fourth-order valence-corrected chi connectivity index (χ4v) is 3.10. The minimum atomic E-state index is 0.318. The molecule has 0 amide bonds. The van der Waals surface area contributed by atoms with Crippen molar-refractivity contribution in [2.24, 2.45) is 5.92 Å². The molecule has 1 aliphatic rings. The molecule has 0 aliphatic carbocycles. The van der Waals surface area contributed by atoms with Crippen LogP contribution in [0.1, 0.15) is 12.8 Å². The number of fused-ring (bicyclic) bond motifs is 1. The molecule has 0 spiro atoms. The summed E-state index contributed by atoms with van der Waals surface area (Å²) in [6.45, 7) is 4.43. The van der Waals surface area contributed by atoms with Crippen LogP contribution in [0.15, 0.2) is 36.5 Å². The summed E-state index contributed by atoms with van der Waals surface area (Å²) in [5.41, 5.74) is 2.18. The second kappa shape index (κ2) is 6.87. The van der Waals surface area contributed by atoms with E-state index in [0.29, 0.717) is 12.5 Å². The third-order valence-corrected chi connectivity index (χ3v) is 4.25. The van der Waals surface area contributed by atoms with Gasteiger partial charge in [-0.3, -0.25) is 4.98 Å². The summed E-state index contributed by atoms with van der Waals surface area (Å²) in [6, 6.07) is 10.2. The van der Waals surface area contributed by atoms with E-state index in [1.165, 1.54) is 11.8 Å². The van der Waals surface area contributed by atoms with Gasteiger partial charge in [0, 0.05) is 43.5 Å². The highest BCUT2D eigenvalue weighted by molar-refractivity contribution is 5.90. The van der Waals surface area contributed by atoms with Crippen LogP contribution in [0, 0.1) is 5.92 Å². The molecule has 2 N–H and O–H groups in total. The molecule has 1 fully saturated rings. The average Bonchev–Trinajstić information content (AvgIpc) is 2.55. The first-order chi connectivity index (χ1) is 10.4. The van der Waals surface area contributed by atoms with Gasteiger partial charge in [0.1, 0.15) is 0 Å². The Morgan fingerprint density at radius 1 is 1.29 bits per heavy atom. The summed E-state index contributed by atoms with van der Waals surface area (Å²) in [6.07, 6.45) is 4.21. The monoisotopic (exact) mass is 285 g/mol. The molecule has 0 saturated carbocycles. The van der Waals surface area contributed by atoms with Gasteiger partial charge in [0.05, 0.1) is 5.52 Å². The molecular weight excluding hydrogens is 262 g/mol. The van der Waals surface area contributed by atoms with E-state index in [-0.39, 0.29) is 0 Å². The van der Waals surface area contributed by atoms with Crippen LogP contribution in [-0.2, 0) is 0 Å². The van der Waals surface area contributed by atoms with E-state index in [4.69, 9.17) is 0 Å². The van der Waals surface area contributed by atoms with Crippen LogP contribution in [0.2, 0.25) is 0 Å². The fraction of sp³-hybridized carbons (Fsp3) is 0.471. The van der Waals surface area contributed by atoms with Crippen molar-refractivity contribution < 1.29 is 5.11 Å². The molecule has 4 heteroatoms. The number of aliphatic hydroxyl groups is 1. The lowest BCUT2D eigenvalue weighted by Crippen LogP contribution is -2.39. The SMILES string of the molecule is OCC1CCCN(CCNc2ccnc3ccccc23)C1. The number of anilines is 1. The van der Waals surface area contributed by atoms with E-state index in [1.807, 2.05) is 30.5 Å². The smallest absolute Gasteiger partial charge is 0.0722 e. The lowest BCUT2D eigenvalue weighted by Gasteiger charge is -2.31. The Morgan fingerprint density at radius 2 is 2.19 bits per heavy atom.